The van der Waals surface area contributed by atoms with Crippen LogP contribution in [0.3, 0.4) is 0 Å². The Bertz CT molecular complexity index is 372. The summed E-state index contributed by atoms with van der Waals surface area (Å²) in [6.07, 6.45) is 0. The molecule has 0 bridgehead atoms. The van der Waals surface area contributed by atoms with Gasteiger partial charge in [-0.3, -0.25) is 0 Å². The molecule has 0 aliphatic rings. The van der Waals surface area contributed by atoms with Crippen molar-refractivity contribution in [2.24, 2.45) is 0 Å². The topological polar surface area (TPSA) is 57.5 Å². The van der Waals surface area contributed by atoms with E-state index in [4.69, 9.17) is 16.7 Å². The van der Waals surface area contributed by atoms with Gasteiger partial charge in [0.05, 0.1) is 0 Å². The average molecular weight is 215 g/mol. The van der Waals surface area contributed by atoms with Crippen molar-refractivity contribution in [3.05, 3.63) is 28.3 Å². The summed E-state index contributed by atoms with van der Waals surface area (Å²) in [7, 11) is 0. The second-order valence-corrected chi connectivity index (χ2v) is 3.76. The van der Waals surface area contributed by atoms with Crippen LogP contribution in [0, 0.1) is 0 Å². The molecule has 0 heterocycles. The number of aromatic carboxylic acids is 1. The molecule has 0 aliphatic heterocycles. The van der Waals surface area contributed by atoms with Gasteiger partial charge in [0.25, 0.3) is 0 Å². The second kappa shape index (κ2) is 3.88. The lowest BCUT2D eigenvalue weighted by atomic mass is 10.0. The molecule has 0 aromatic heterocycles. The fourth-order valence-electron chi connectivity index (χ4n) is 1.19. The van der Waals surface area contributed by atoms with Gasteiger partial charge in [-0.05, 0) is 23.6 Å². The van der Waals surface area contributed by atoms with Crippen LogP contribution in [-0.4, -0.2) is 16.2 Å². The van der Waals surface area contributed by atoms with E-state index < -0.39 is 5.97 Å². The number of hydrogen-bond donors (Lipinski definition) is 2. The lowest BCUT2D eigenvalue weighted by molar-refractivity contribution is 0.0693. The van der Waals surface area contributed by atoms with Crippen LogP contribution >= 0.6 is 11.6 Å². The first kappa shape index (κ1) is 10.9. The summed E-state index contributed by atoms with van der Waals surface area (Å²) in [4.78, 5) is 10.6. The summed E-state index contributed by atoms with van der Waals surface area (Å²) < 4.78 is 0. The monoisotopic (exact) mass is 214 g/mol. The normalized spacial score (nSPS) is 10.6. The van der Waals surface area contributed by atoms with Crippen molar-refractivity contribution in [2.45, 2.75) is 19.8 Å². The number of carboxylic acids is 1. The van der Waals surface area contributed by atoms with Crippen LogP contribution in [0.25, 0.3) is 0 Å². The minimum atomic E-state index is -1.18. The molecule has 0 saturated carbocycles. The van der Waals surface area contributed by atoms with Crippen molar-refractivity contribution in [3.63, 3.8) is 0 Å². The van der Waals surface area contributed by atoms with Gasteiger partial charge in [-0.2, -0.15) is 0 Å². The predicted octanol–water partition coefficient (Wildman–Crippen LogP) is 2.87. The zero-order valence-corrected chi connectivity index (χ0v) is 8.67. The number of halogens is 1. The zero-order chi connectivity index (χ0) is 10.9. The third-order valence-electron chi connectivity index (χ3n) is 1.97. The number of phenols is 1. The highest BCUT2D eigenvalue weighted by atomic mass is 35.5. The summed E-state index contributed by atoms with van der Waals surface area (Å²) in [5, 5.41) is 18.5. The van der Waals surface area contributed by atoms with Crippen LogP contribution in [0.1, 0.15) is 35.7 Å². The predicted molar refractivity (Wildman–Crippen MR) is 54.2 cm³/mol. The lowest BCUT2D eigenvalue weighted by Gasteiger charge is -2.10. The van der Waals surface area contributed by atoms with Crippen LogP contribution < -0.4 is 0 Å². The Morgan fingerprint density at radius 3 is 2.43 bits per heavy atom. The molecule has 2 N–H and O–H groups in total. The van der Waals surface area contributed by atoms with Crippen LogP contribution in [0.2, 0.25) is 5.02 Å². The molecule has 1 rings (SSSR count). The van der Waals surface area contributed by atoms with E-state index in [9.17, 15) is 9.90 Å². The van der Waals surface area contributed by atoms with Gasteiger partial charge in [0.1, 0.15) is 11.3 Å². The number of aromatic hydroxyl groups is 1. The molecule has 0 fully saturated rings. The van der Waals surface area contributed by atoms with E-state index in [2.05, 4.69) is 0 Å². The molecular weight excluding hydrogens is 204 g/mol. The molecule has 0 atom stereocenters. The van der Waals surface area contributed by atoms with Crippen molar-refractivity contribution in [1.82, 2.24) is 0 Å². The smallest absolute Gasteiger partial charge is 0.339 e. The molecule has 1 aromatic carbocycles. The van der Waals surface area contributed by atoms with Crippen LogP contribution in [0.4, 0.5) is 0 Å². The minimum Gasteiger partial charge on any atom is -0.507 e. The first-order valence-electron chi connectivity index (χ1n) is 4.19. The molecule has 0 unspecified atom stereocenters. The van der Waals surface area contributed by atoms with Gasteiger partial charge in [-0.15, -0.1) is 0 Å². The molecule has 0 aliphatic carbocycles. The Morgan fingerprint density at radius 1 is 1.43 bits per heavy atom. The van der Waals surface area contributed by atoms with E-state index >= 15 is 0 Å². The van der Waals surface area contributed by atoms with Crippen molar-refractivity contribution in [2.75, 3.05) is 0 Å². The highest BCUT2D eigenvalue weighted by molar-refractivity contribution is 6.31. The molecule has 0 spiro atoms. The Balaban J connectivity index is 3.31. The van der Waals surface area contributed by atoms with Crippen LogP contribution in [-0.2, 0) is 0 Å². The highest BCUT2D eigenvalue weighted by Gasteiger charge is 2.14. The largest absolute Gasteiger partial charge is 0.507 e. The maximum atomic E-state index is 10.6. The maximum Gasteiger partial charge on any atom is 0.339 e. The molecule has 0 radical (unpaired) electrons. The van der Waals surface area contributed by atoms with Gasteiger partial charge in [0.2, 0.25) is 0 Å². The van der Waals surface area contributed by atoms with E-state index in [1.54, 1.807) is 0 Å². The average Bonchev–Trinajstić information content (AvgIpc) is 2.07. The highest BCUT2D eigenvalue weighted by Crippen LogP contribution is 2.30. The number of carboxylic acid groups (broad SMARTS) is 1. The number of benzene rings is 1. The van der Waals surface area contributed by atoms with Gasteiger partial charge in [0.15, 0.2) is 0 Å². The van der Waals surface area contributed by atoms with Crippen LogP contribution in [0.5, 0.6) is 5.75 Å². The quantitative estimate of drug-likeness (QED) is 0.796. The third-order valence-corrected chi connectivity index (χ3v) is 2.29. The fourth-order valence-corrected chi connectivity index (χ4v) is 1.57. The van der Waals surface area contributed by atoms with Gasteiger partial charge in [-0.25, -0.2) is 4.79 Å². The minimum absolute atomic E-state index is 0.149. The number of hydrogen-bond acceptors (Lipinski definition) is 2. The SMILES string of the molecule is CC(C)c1cc(O)c(C(=O)O)cc1Cl. The Kier molecular flexibility index (Phi) is 3.01. The van der Waals surface area contributed by atoms with Crippen molar-refractivity contribution in [3.8, 4) is 5.75 Å². The third kappa shape index (κ3) is 1.99. The first-order chi connectivity index (χ1) is 6.43. The van der Waals surface area contributed by atoms with E-state index in [1.165, 1.54) is 12.1 Å². The molecule has 76 valence electrons. The first-order valence-corrected chi connectivity index (χ1v) is 4.57. The lowest BCUT2D eigenvalue weighted by Crippen LogP contribution is -1.99. The summed E-state index contributed by atoms with van der Waals surface area (Å²) in [6.45, 7) is 3.84. The van der Waals surface area contributed by atoms with Gasteiger partial charge in [0, 0.05) is 5.02 Å². The van der Waals surface area contributed by atoms with Crippen LogP contribution in [0.15, 0.2) is 12.1 Å². The van der Waals surface area contributed by atoms with E-state index in [1.807, 2.05) is 13.8 Å². The maximum absolute atomic E-state index is 10.6. The Morgan fingerprint density at radius 2 is 2.00 bits per heavy atom. The second-order valence-electron chi connectivity index (χ2n) is 3.35. The molecule has 4 heteroatoms. The summed E-state index contributed by atoms with van der Waals surface area (Å²) in [5.74, 6) is -1.28. The zero-order valence-electron chi connectivity index (χ0n) is 7.91. The van der Waals surface area contributed by atoms with Gasteiger partial charge >= 0.3 is 5.97 Å². The molecule has 0 amide bonds. The van der Waals surface area contributed by atoms with E-state index in [0.29, 0.717) is 5.02 Å². The number of carbonyl (C=O) groups is 1. The fraction of sp³-hybridized carbons (Fsp3) is 0.300. The Labute approximate surface area is 86.9 Å². The standard InChI is InChI=1S/C10H11ClO3/c1-5(2)6-4-9(12)7(10(13)14)3-8(6)11/h3-5,12H,1-2H3,(H,13,14). The summed E-state index contributed by atoms with van der Waals surface area (Å²) >= 11 is 5.87. The van der Waals surface area contributed by atoms with E-state index in [-0.39, 0.29) is 17.2 Å². The molecule has 0 saturated heterocycles. The molecular formula is C10H11ClO3. The van der Waals surface area contributed by atoms with Crippen molar-refractivity contribution < 1.29 is 15.0 Å². The Hall–Kier alpha value is -1.22. The molecule has 1 aromatic rings. The summed E-state index contributed by atoms with van der Waals surface area (Å²) in [6, 6.07) is 2.67. The van der Waals surface area contributed by atoms with Crippen molar-refractivity contribution in [1.29, 1.82) is 0 Å². The van der Waals surface area contributed by atoms with Gasteiger partial charge < -0.3 is 10.2 Å². The van der Waals surface area contributed by atoms with Crippen molar-refractivity contribution >= 4 is 17.6 Å². The number of rotatable bonds is 2. The molecule has 14 heavy (non-hydrogen) atoms. The molecule has 3 nitrogen and oxygen atoms in total. The summed E-state index contributed by atoms with van der Waals surface area (Å²) in [5.41, 5.74) is 0.577. The van der Waals surface area contributed by atoms with E-state index in [0.717, 1.165) is 5.56 Å². The van der Waals surface area contributed by atoms with Gasteiger partial charge in [-0.1, -0.05) is 25.4 Å².